The Morgan fingerprint density at radius 2 is 2.05 bits per heavy atom. The number of fused-ring (bicyclic) bond motifs is 1. The van der Waals surface area contributed by atoms with E-state index in [2.05, 4.69) is 18.8 Å². The summed E-state index contributed by atoms with van der Waals surface area (Å²) in [5.41, 5.74) is 1.61. The number of nitrogens with zero attached hydrogens (tertiary/aromatic N) is 2. The minimum Gasteiger partial charge on any atom is -0.431 e. The molecule has 1 amide bonds. The van der Waals surface area contributed by atoms with Crippen LogP contribution in [0.4, 0.5) is 0 Å². The fourth-order valence-electron chi connectivity index (χ4n) is 3.02. The molecule has 2 atom stereocenters. The summed E-state index contributed by atoms with van der Waals surface area (Å²) in [6.45, 7) is 4.27. The van der Waals surface area contributed by atoms with Gasteiger partial charge in [0.2, 0.25) is 5.91 Å². The Morgan fingerprint density at radius 1 is 1.33 bits per heavy atom. The van der Waals surface area contributed by atoms with E-state index in [0.29, 0.717) is 23.1 Å². The van der Waals surface area contributed by atoms with Crippen LogP contribution in [-0.2, 0) is 4.79 Å². The highest BCUT2D eigenvalue weighted by Crippen LogP contribution is 2.26. The van der Waals surface area contributed by atoms with E-state index in [9.17, 15) is 4.79 Å². The third-order valence-electron chi connectivity index (χ3n) is 4.07. The molecule has 0 radical (unpaired) electrons. The molecule has 2 heterocycles. The molecule has 0 aliphatic carbocycles. The topological polar surface area (TPSA) is 46.3 Å². The van der Waals surface area contributed by atoms with Crippen LogP contribution in [0.1, 0.15) is 33.1 Å². The molecular weight excluding hydrogens is 284 g/mol. The Bertz CT molecular complexity index is 597. The van der Waals surface area contributed by atoms with Crippen molar-refractivity contribution in [1.29, 1.82) is 0 Å². The summed E-state index contributed by atoms with van der Waals surface area (Å²) in [5.74, 6) is 0.573. The lowest BCUT2D eigenvalue weighted by Crippen LogP contribution is -2.48. The van der Waals surface area contributed by atoms with Crippen molar-refractivity contribution in [3.8, 4) is 0 Å². The van der Waals surface area contributed by atoms with Crippen molar-refractivity contribution in [3.05, 3.63) is 24.3 Å². The smallest absolute Gasteiger partial charge is 0.257 e. The molecule has 1 fully saturated rings. The van der Waals surface area contributed by atoms with Crippen molar-refractivity contribution < 1.29 is 9.21 Å². The van der Waals surface area contributed by atoms with E-state index in [1.54, 1.807) is 0 Å². The second-order valence-electron chi connectivity index (χ2n) is 5.67. The summed E-state index contributed by atoms with van der Waals surface area (Å²) in [6, 6.07) is 8.34. The number of para-hydroxylation sites is 2. The van der Waals surface area contributed by atoms with Gasteiger partial charge in [0.25, 0.3) is 5.22 Å². The normalized spacial score (nSPS) is 22.7. The molecule has 0 spiro atoms. The minimum atomic E-state index is 0.182. The van der Waals surface area contributed by atoms with E-state index in [1.807, 2.05) is 29.2 Å². The van der Waals surface area contributed by atoms with Gasteiger partial charge < -0.3 is 9.32 Å². The quantitative estimate of drug-likeness (QED) is 0.811. The Hall–Kier alpha value is -1.49. The largest absolute Gasteiger partial charge is 0.431 e. The van der Waals surface area contributed by atoms with Crippen LogP contribution in [0.25, 0.3) is 11.1 Å². The maximum atomic E-state index is 12.4. The zero-order chi connectivity index (χ0) is 14.8. The van der Waals surface area contributed by atoms with Crippen molar-refractivity contribution in [3.63, 3.8) is 0 Å². The molecule has 112 valence electrons. The number of oxazole rings is 1. The Morgan fingerprint density at radius 3 is 2.76 bits per heavy atom. The molecular formula is C16H20N2O2S. The fraction of sp³-hybridized carbons (Fsp3) is 0.500. The number of carbonyl (C=O) groups is 1. The number of benzene rings is 1. The zero-order valence-electron chi connectivity index (χ0n) is 12.4. The third kappa shape index (κ3) is 3.07. The van der Waals surface area contributed by atoms with Gasteiger partial charge in [-0.2, -0.15) is 0 Å². The standard InChI is InChI=1S/C16H20N2O2S/c1-11-6-5-7-12(2)18(11)15(19)10-21-16-17-13-8-3-4-9-14(13)20-16/h3-4,8-9,11-12H,5-7,10H2,1-2H3. The number of thioether (sulfide) groups is 1. The Labute approximate surface area is 128 Å². The first kappa shape index (κ1) is 14.4. The van der Waals surface area contributed by atoms with E-state index >= 15 is 0 Å². The van der Waals surface area contributed by atoms with Crippen LogP contribution in [0.15, 0.2) is 33.9 Å². The summed E-state index contributed by atoms with van der Waals surface area (Å²) in [6.07, 6.45) is 3.41. The Balaban J connectivity index is 1.65. The third-order valence-corrected chi connectivity index (χ3v) is 4.89. The summed E-state index contributed by atoms with van der Waals surface area (Å²) >= 11 is 1.38. The van der Waals surface area contributed by atoms with Crippen LogP contribution in [0.3, 0.4) is 0 Å². The average molecular weight is 304 g/mol. The number of amides is 1. The lowest BCUT2D eigenvalue weighted by Gasteiger charge is -2.39. The van der Waals surface area contributed by atoms with Crippen LogP contribution in [-0.4, -0.2) is 33.6 Å². The second kappa shape index (κ2) is 6.10. The average Bonchev–Trinajstić information content (AvgIpc) is 2.87. The number of aromatic nitrogens is 1. The maximum absolute atomic E-state index is 12.4. The summed E-state index contributed by atoms with van der Waals surface area (Å²) in [7, 11) is 0. The summed E-state index contributed by atoms with van der Waals surface area (Å²) < 4.78 is 5.64. The predicted octanol–water partition coefficient (Wildman–Crippen LogP) is 3.71. The lowest BCUT2D eigenvalue weighted by molar-refractivity contribution is -0.134. The molecule has 0 saturated carbocycles. The van der Waals surface area contributed by atoms with Crippen LogP contribution in [0.5, 0.6) is 0 Å². The molecule has 1 aliphatic heterocycles. The molecule has 1 aromatic carbocycles. The van der Waals surface area contributed by atoms with E-state index < -0.39 is 0 Å². The zero-order valence-corrected chi connectivity index (χ0v) is 13.2. The van der Waals surface area contributed by atoms with Gasteiger partial charge in [0.1, 0.15) is 5.52 Å². The first-order chi connectivity index (χ1) is 10.1. The molecule has 1 aliphatic rings. The van der Waals surface area contributed by atoms with Crippen LogP contribution in [0, 0.1) is 0 Å². The first-order valence-corrected chi connectivity index (χ1v) is 8.43. The minimum absolute atomic E-state index is 0.182. The van der Waals surface area contributed by atoms with Crippen LogP contribution < -0.4 is 0 Å². The molecule has 4 nitrogen and oxygen atoms in total. The summed E-state index contributed by atoms with van der Waals surface area (Å²) in [4.78, 5) is 18.9. The van der Waals surface area contributed by atoms with E-state index in [0.717, 1.165) is 23.9 Å². The molecule has 2 unspecified atom stereocenters. The van der Waals surface area contributed by atoms with Gasteiger partial charge in [0.05, 0.1) is 5.75 Å². The SMILES string of the molecule is CC1CCCC(C)N1C(=O)CSc1nc2ccccc2o1. The van der Waals surface area contributed by atoms with Crippen molar-refractivity contribution in [2.24, 2.45) is 0 Å². The van der Waals surface area contributed by atoms with Gasteiger partial charge >= 0.3 is 0 Å². The highest BCUT2D eigenvalue weighted by Gasteiger charge is 2.28. The molecule has 3 rings (SSSR count). The maximum Gasteiger partial charge on any atom is 0.257 e. The van der Waals surface area contributed by atoms with Gasteiger partial charge in [-0.3, -0.25) is 4.79 Å². The highest BCUT2D eigenvalue weighted by atomic mass is 32.2. The van der Waals surface area contributed by atoms with Gasteiger partial charge in [0.15, 0.2) is 5.58 Å². The van der Waals surface area contributed by atoms with Crippen molar-refractivity contribution in [2.45, 2.75) is 50.4 Å². The first-order valence-electron chi connectivity index (χ1n) is 7.44. The predicted molar refractivity (Wildman–Crippen MR) is 84.4 cm³/mol. The number of hydrogen-bond donors (Lipinski definition) is 0. The van der Waals surface area contributed by atoms with Gasteiger partial charge in [0, 0.05) is 12.1 Å². The van der Waals surface area contributed by atoms with E-state index in [-0.39, 0.29) is 5.91 Å². The second-order valence-corrected chi connectivity index (χ2v) is 6.59. The molecule has 5 heteroatoms. The molecule has 21 heavy (non-hydrogen) atoms. The molecule has 0 bridgehead atoms. The number of likely N-dealkylation sites (tertiary alicyclic amines) is 1. The molecule has 0 N–H and O–H groups in total. The van der Waals surface area contributed by atoms with Crippen molar-refractivity contribution in [2.75, 3.05) is 5.75 Å². The van der Waals surface area contributed by atoms with Gasteiger partial charge in [-0.05, 0) is 45.2 Å². The van der Waals surface area contributed by atoms with Crippen molar-refractivity contribution in [1.82, 2.24) is 9.88 Å². The number of piperidine rings is 1. The van der Waals surface area contributed by atoms with E-state index in [1.165, 1.54) is 18.2 Å². The van der Waals surface area contributed by atoms with E-state index in [4.69, 9.17) is 4.42 Å². The van der Waals surface area contributed by atoms with Crippen LogP contribution in [0.2, 0.25) is 0 Å². The summed E-state index contributed by atoms with van der Waals surface area (Å²) in [5, 5.41) is 0.571. The molecule has 1 aromatic heterocycles. The number of hydrogen-bond acceptors (Lipinski definition) is 4. The Kier molecular flexibility index (Phi) is 4.19. The van der Waals surface area contributed by atoms with Gasteiger partial charge in [-0.25, -0.2) is 4.98 Å². The highest BCUT2D eigenvalue weighted by molar-refractivity contribution is 7.99. The van der Waals surface area contributed by atoms with Gasteiger partial charge in [-0.15, -0.1) is 0 Å². The fourth-order valence-corrected chi connectivity index (χ4v) is 3.73. The monoisotopic (exact) mass is 304 g/mol. The van der Waals surface area contributed by atoms with Crippen LogP contribution >= 0.6 is 11.8 Å². The van der Waals surface area contributed by atoms with Crippen molar-refractivity contribution >= 4 is 28.8 Å². The molecule has 2 aromatic rings. The molecule has 1 saturated heterocycles. The lowest BCUT2D eigenvalue weighted by atomic mass is 9.98. The number of carbonyl (C=O) groups excluding carboxylic acids is 1. The number of rotatable bonds is 3. The van der Waals surface area contributed by atoms with Gasteiger partial charge in [-0.1, -0.05) is 23.9 Å².